The molecule has 11 heteroatoms. The smallest absolute Gasteiger partial charge is 0.341 e. The lowest BCUT2D eigenvalue weighted by Crippen LogP contribution is -2.15. The molecule has 142 valence electrons. The number of benzene rings is 2. The molecule has 0 spiro atoms. The first-order chi connectivity index (χ1) is 12.1. The van der Waals surface area contributed by atoms with Gasteiger partial charge in [0.15, 0.2) is 0 Å². The van der Waals surface area contributed by atoms with Crippen LogP contribution in [0.5, 0.6) is 11.5 Å². The van der Waals surface area contributed by atoms with Gasteiger partial charge in [0.1, 0.15) is 16.4 Å². The molecule has 0 aliphatic carbocycles. The zero-order valence-electron chi connectivity index (χ0n) is 13.6. The van der Waals surface area contributed by atoms with Gasteiger partial charge in [0.25, 0.3) is 10.0 Å². The molecule has 0 amide bonds. The second-order valence-corrected chi connectivity index (χ2v) is 8.52. The van der Waals surface area contributed by atoms with E-state index in [2.05, 4.69) is 4.72 Å². The number of hydrogen-bond acceptors (Lipinski definition) is 6. The van der Waals surface area contributed by atoms with E-state index in [4.69, 9.17) is 9.47 Å². The van der Waals surface area contributed by atoms with E-state index in [1.54, 1.807) is 0 Å². The van der Waals surface area contributed by atoms with E-state index in [1.807, 2.05) is 0 Å². The van der Waals surface area contributed by atoms with Crippen LogP contribution >= 0.6 is 0 Å². The van der Waals surface area contributed by atoms with Gasteiger partial charge in [-0.05, 0) is 36.4 Å². The summed E-state index contributed by atoms with van der Waals surface area (Å²) in [6.45, 7) is 0. The zero-order chi connectivity index (χ0) is 19.5. The number of methoxy groups -OCH3 is 2. The zero-order valence-corrected chi connectivity index (χ0v) is 15.3. The quantitative estimate of drug-likeness (QED) is 0.757. The van der Waals surface area contributed by atoms with Gasteiger partial charge in [0, 0.05) is 11.8 Å². The number of alkyl halides is 2. The summed E-state index contributed by atoms with van der Waals surface area (Å²) < 4.78 is 85.2. The molecule has 7 nitrogen and oxygen atoms in total. The summed E-state index contributed by atoms with van der Waals surface area (Å²) in [5.41, 5.74) is -0.0110. The Morgan fingerprint density at radius 3 is 2.04 bits per heavy atom. The Balaban J connectivity index is 2.36. The van der Waals surface area contributed by atoms with Crippen molar-refractivity contribution in [3.05, 3.63) is 42.5 Å². The van der Waals surface area contributed by atoms with Gasteiger partial charge in [-0.1, -0.05) is 0 Å². The molecule has 0 heterocycles. The molecule has 2 aromatic rings. The van der Waals surface area contributed by atoms with E-state index >= 15 is 0 Å². The minimum Gasteiger partial charge on any atom is -0.497 e. The summed E-state index contributed by atoms with van der Waals surface area (Å²) in [4.78, 5) is -0.821. The number of sulfonamides is 1. The maximum Gasteiger partial charge on any atom is 0.341 e. The molecule has 26 heavy (non-hydrogen) atoms. The molecule has 0 atom stereocenters. The number of hydrogen-bond donors (Lipinski definition) is 1. The van der Waals surface area contributed by atoms with Crippen LogP contribution in [0.25, 0.3) is 0 Å². The monoisotopic (exact) mass is 407 g/mol. The van der Waals surface area contributed by atoms with Gasteiger partial charge in [0.05, 0.1) is 19.1 Å². The van der Waals surface area contributed by atoms with E-state index in [9.17, 15) is 25.6 Å². The van der Waals surface area contributed by atoms with Gasteiger partial charge in [-0.2, -0.15) is 8.78 Å². The van der Waals surface area contributed by atoms with Crippen molar-refractivity contribution in [1.29, 1.82) is 0 Å². The lowest BCUT2D eigenvalue weighted by atomic mass is 10.3. The van der Waals surface area contributed by atoms with E-state index in [1.165, 1.54) is 32.4 Å². The molecule has 0 saturated carbocycles. The third-order valence-electron chi connectivity index (χ3n) is 3.33. The fourth-order valence-corrected chi connectivity index (χ4v) is 3.98. The van der Waals surface area contributed by atoms with Crippen molar-refractivity contribution in [2.24, 2.45) is 0 Å². The minimum atomic E-state index is -4.76. The van der Waals surface area contributed by atoms with Crippen molar-refractivity contribution in [3.63, 3.8) is 0 Å². The van der Waals surface area contributed by atoms with Crippen LogP contribution in [0.1, 0.15) is 0 Å². The highest BCUT2D eigenvalue weighted by Crippen LogP contribution is 2.30. The highest BCUT2D eigenvalue weighted by atomic mass is 32.2. The molecular formula is C15H15F2NO6S2. The molecule has 0 fully saturated rings. The maximum absolute atomic E-state index is 12.6. The summed E-state index contributed by atoms with van der Waals surface area (Å²) in [7, 11) is -6.20. The number of nitrogens with one attached hydrogen (secondary N) is 1. The number of sulfone groups is 1. The number of halogens is 2. The first-order valence-electron chi connectivity index (χ1n) is 6.99. The molecule has 0 bridgehead atoms. The molecule has 2 aromatic carbocycles. The summed E-state index contributed by atoms with van der Waals surface area (Å²) in [5.74, 6) is -3.22. The Labute approximate surface area is 149 Å². The highest BCUT2D eigenvalue weighted by molar-refractivity contribution is 7.93. The van der Waals surface area contributed by atoms with Crippen LogP contribution in [-0.4, -0.2) is 36.8 Å². The van der Waals surface area contributed by atoms with E-state index < -0.39 is 30.5 Å². The molecule has 1 N–H and O–H groups in total. The standard InChI is InChI=1S/C15H15F2NO6S2/c1-23-11-5-8-13(24-2)14(9-11)26(21,22)18-10-3-6-12(7-4-10)25(19,20)15(16)17/h3-9,15,18H,1-2H3. The Bertz CT molecular complexity index is 989. The van der Waals surface area contributed by atoms with Crippen LogP contribution in [0, 0.1) is 0 Å². The lowest BCUT2D eigenvalue weighted by molar-refractivity contribution is 0.234. The van der Waals surface area contributed by atoms with E-state index in [-0.39, 0.29) is 22.1 Å². The SMILES string of the molecule is COc1ccc(OC)c(S(=O)(=O)Nc2ccc(S(=O)(=O)C(F)F)cc2)c1. The second kappa shape index (κ2) is 7.46. The number of rotatable bonds is 7. The molecule has 0 aliphatic rings. The van der Waals surface area contributed by atoms with Gasteiger partial charge in [0.2, 0.25) is 9.84 Å². The molecule has 0 aromatic heterocycles. The van der Waals surface area contributed by atoms with Crippen LogP contribution < -0.4 is 14.2 Å². The summed E-state index contributed by atoms with van der Waals surface area (Å²) in [5, 5.41) is 0. The average molecular weight is 407 g/mol. The van der Waals surface area contributed by atoms with Crippen LogP contribution in [-0.2, 0) is 19.9 Å². The summed E-state index contributed by atoms with van der Waals surface area (Å²) in [6.07, 6.45) is 0. The predicted octanol–water partition coefficient (Wildman–Crippen LogP) is 2.50. The molecule has 0 unspecified atom stereocenters. The summed E-state index contributed by atoms with van der Waals surface area (Å²) >= 11 is 0. The Hall–Kier alpha value is -2.40. The molecule has 0 radical (unpaired) electrons. The Kier molecular flexibility index (Phi) is 5.71. The van der Waals surface area contributed by atoms with E-state index in [0.29, 0.717) is 0 Å². The van der Waals surface area contributed by atoms with Crippen molar-refractivity contribution < 1.29 is 35.1 Å². The maximum atomic E-state index is 12.6. The van der Waals surface area contributed by atoms with Crippen molar-refractivity contribution in [2.45, 2.75) is 15.5 Å². The summed E-state index contributed by atoms with van der Waals surface area (Å²) in [6, 6.07) is 8.09. The third-order valence-corrected chi connectivity index (χ3v) is 6.13. The van der Waals surface area contributed by atoms with Crippen LogP contribution in [0.2, 0.25) is 0 Å². The molecule has 2 rings (SSSR count). The first-order valence-corrected chi connectivity index (χ1v) is 10.0. The Morgan fingerprint density at radius 2 is 1.54 bits per heavy atom. The average Bonchev–Trinajstić information content (AvgIpc) is 2.61. The van der Waals surface area contributed by atoms with Crippen LogP contribution in [0.3, 0.4) is 0 Å². The van der Waals surface area contributed by atoms with Gasteiger partial charge < -0.3 is 9.47 Å². The number of ether oxygens (including phenoxy) is 2. The van der Waals surface area contributed by atoms with Crippen molar-refractivity contribution in [1.82, 2.24) is 0 Å². The van der Waals surface area contributed by atoms with Crippen molar-refractivity contribution in [2.75, 3.05) is 18.9 Å². The normalized spacial score (nSPS) is 12.0. The van der Waals surface area contributed by atoms with Crippen LogP contribution in [0.4, 0.5) is 14.5 Å². The lowest BCUT2D eigenvalue weighted by Gasteiger charge is -2.13. The number of anilines is 1. The Morgan fingerprint density at radius 1 is 0.923 bits per heavy atom. The molecule has 0 aliphatic heterocycles. The topological polar surface area (TPSA) is 98.8 Å². The largest absolute Gasteiger partial charge is 0.497 e. The van der Waals surface area contributed by atoms with Crippen molar-refractivity contribution >= 4 is 25.5 Å². The fourth-order valence-electron chi connectivity index (χ4n) is 2.02. The first kappa shape index (κ1) is 19.9. The van der Waals surface area contributed by atoms with Gasteiger partial charge in [-0.3, -0.25) is 4.72 Å². The fraction of sp³-hybridized carbons (Fsp3) is 0.200. The van der Waals surface area contributed by atoms with Crippen molar-refractivity contribution in [3.8, 4) is 11.5 Å². The van der Waals surface area contributed by atoms with Gasteiger partial charge >= 0.3 is 5.76 Å². The van der Waals surface area contributed by atoms with Gasteiger partial charge in [-0.25, -0.2) is 16.8 Å². The predicted molar refractivity (Wildman–Crippen MR) is 90.0 cm³/mol. The van der Waals surface area contributed by atoms with Crippen LogP contribution in [0.15, 0.2) is 52.3 Å². The highest BCUT2D eigenvalue weighted by Gasteiger charge is 2.27. The third kappa shape index (κ3) is 4.05. The molecule has 0 saturated heterocycles. The van der Waals surface area contributed by atoms with E-state index in [0.717, 1.165) is 24.3 Å². The molecular weight excluding hydrogens is 392 g/mol. The van der Waals surface area contributed by atoms with Gasteiger partial charge in [-0.15, -0.1) is 0 Å². The second-order valence-electron chi connectivity index (χ2n) is 4.95. The minimum absolute atomic E-state index is 0.0110.